The van der Waals surface area contributed by atoms with Gasteiger partial charge in [0.05, 0.1) is 0 Å². The highest BCUT2D eigenvalue weighted by Crippen LogP contribution is 2.42. The monoisotopic (exact) mass is 348 g/mol. The van der Waals surface area contributed by atoms with Crippen molar-refractivity contribution in [3.63, 3.8) is 0 Å². The van der Waals surface area contributed by atoms with Gasteiger partial charge >= 0.3 is 0 Å². The van der Waals surface area contributed by atoms with Crippen LogP contribution in [0.25, 0.3) is 9.75 Å². The normalized spacial score (nSPS) is 11.5. The molecular formula is C21H16OS2. The van der Waals surface area contributed by atoms with Crippen molar-refractivity contribution in [1.29, 1.82) is 0 Å². The van der Waals surface area contributed by atoms with Crippen LogP contribution in [0.3, 0.4) is 0 Å². The first-order chi connectivity index (χ1) is 11.8. The first-order valence-corrected chi connectivity index (χ1v) is 9.46. The van der Waals surface area contributed by atoms with Crippen LogP contribution >= 0.6 is 22.7 Å². The van der Waals surface area contributed by atoms with Gasteiger partial charge in [0.25, 0.3) is 0 Å². The number of thiophene rings is 2. The molecule has 0 fully saturated rings. The van der Waals surface area contributed by atoms with E-state index in [-0.39, 0.29) is 0 Å². The standard InChI is InChI=1S/C21H16OS2/c22-21(16-8-3-1-4-9-16,17-10-5-2-6-11-17)20-14-13-19(24-20)18-12-7-15-23-18/h1-15,22H. The Balaban J connectivity index is 1.88. The molecule has 4 aromatic rings. The molecule has 0 atom stereocenters. The third-order valence-corrected chi connectivity index (χ3v) is 6.37. The lowest BCUT2D eigenvalue weighted by Gasteiger charge is -2.28. The first-order valence-electron chi connectivity index (χ1n) is 7.76. The predicted octanol–water partition coefficient (Wildman–Crippen LogP) is 5.76. The second-order valence-electron chi connectivity index (χ2n) is 5.58. The maximum atomic E-state index is 11.7. The lowest BCUT2D eigenvalue weighted by molar-refractivity contribution is 0.129. The van der Waals surface area contributed by atoms with E-state index in [4.69, 9.17) is 0 Å². The minimum Gasteiger partial charge on any atom is -0.375 e. The molecule has 1 nitrogen and oxygen atoms in total. The molecule has 0 saturated carbocycles. The zero-order valence-electron chi connectivity index (χ0n) is 12.9. The van der Waals surface area contributed by atoms with Crippen LogP contribution in [0.2, 0.25) is 0 Å². The summed E-state index contributed by atoms with van der Waals surface area (Å²) in [6, 6.07) is 28.1. The van der Waals surface area contributed by atoms with E-state index >= 15 is 0 Å². The van der Waals surface area contributed by atoms with Crippen LogP contribution in [0.1, 0.15) is 16.0 Å². The van der Waals surface area contributed by atoms with Gasteiger partial charge in [-0.3, -0.25) is 0 Å². The second-order valence-corrected chi connectivity index (χ2v) is 7.62. The van der Waals surface area contributed by atoms with Gasteiger partial charge in [0.1, 0.15) is 5.60 Å². The van der Waals surface area contributed by atoms with Crippen LogP contribution in [0.5, 0.6) is 0 Å². The highest BCUT2D eigenvalue weighted by Gasteiger charge is 2.35. The molecule has 0 aliphatic rings. The summed E-state index contributed by atoms with van der Waals surface area (Å²) in [7, 11) is 0. The largest absolute Gasteiger partial charge is 0.375 e. The zero-order chi connectivity index (χ0) is 16.4. The van der Waals surface area contributed by atoms with Crippen LogP contribution in [-0.2, 0) is 5.60 Å². The summed E-state index contributed by atoms with van der Waals surface area (Å²) < 4.78 is 0. The first kappa shape index (κ1) is 15.3. The van der Waals surface area contributed by atoms with E-state index in [9.17, 15) is 5.11 Å². The zero-order valence-corrected chi connectivity index (χ0v) is 14.6. The summed E-state index contributed by atoms with van der Waals surface area (Å²) in [5.74, 6) is 0. The van der Waals surface area contributed by atoms with Crippen LogP contribution in [0, 0.1) is 0 Å². The molecule has 0 aliphatic heterocycles. The van der Waals surface area contributed by atoms with Gasteiger partial charge in [0.15, 0.2) is 0 Å². The van der Waals surface area contributed by atoms with E-state index in [2.05, 4.69) is 23.6 Å². The van der Waals surface area contributed by atoms with E-state index in [1.807, 2.05) is 66.7 Å². The van der Waals surface area contributed by atoms with Crippen molar-refractivity contribution >= 4 is 22.7 Å². The fourth-order valence-corrected chi connectivity index (χ4v) is 4.87. The summed E-state index contributed by atoms with van der Waals surface area (Å²) in [6.45, 7) is 0. The average Bonchev–Trinajstić information content (AvgIpc) is 3.34. The molecule has 0 bridgehead atoms. The predicted molar refractivity (Wildman–Crippen MR) is 103 cm³/mol. The van der Waals surface area contributed by atoms with Gasteiger partial charge in [-0.25, -0.2) is 0 Å². The van der Waals surface area contributed by atoms with Crippen LogP contribution in [0.4, 0.5) is 0 Å². The van der Waals surface area contributed by atoms with E-state index in [1.165, 1.54) is 9.75 Å². The van der Waals surface area contributed by atoms with Gasteiger partial charge in [-0.15, -0.1) is 22.7 Å². The minimum atomic E-state index is -1.14. The molecule has 0 aliphatic carbocycles. The van der Waals surface area contributed by atoms with Crippen molar-refractivity contribution in [2.75, 3.05) is 0 Å². The summed E-state index contributed by atoms with van der Waals surface area (Å²) in [6.07, 6.45) is 0. The second kappa shape index (κ2) is 6.36. The van der Waals surface area contributed by atoms with Crippen molar-refractivity contribution in [3.05, 3.63) is 106 Å². The number of aliphatic hydroxyl groups is 1. The molecule has 0 radical (unpaired) electrons. The van der Waals surface area contributed by atoms with E-state index in [0.717, 1.165) is 16.0 Å². The highest BCUT2D eigenvalue weighted by molar-refractivity contribution is 7.21. The number of hydrogen-bond acceptors (Lipinski definition) is 3. The van der Waals surface area contributed by atoms with Gasteiger partial charge < -0.3 is 5.11 Å². The van der Waals surface area contributed by atoms with Gasteiger partial charge in [0, 0.05) is 14.6 Å². The SMILES string of the molecule is OC(c1ccccc1)(c1ccccc1)c1ccc(-c2cccs2)s1. The summed E-state index contributed by atoms with van der Waals surface area (Å²) in [4.78, 5) is 3.35. The maximum absolute atomic E-state index is 11.7. The number of benzene rings is 2. The van der Waals surface area contributed by atoms with Crippen molar-refractivity contribution in [3.8, 4) is 9.75 Å². The molecule has 2 aromatic heterocycles. The summed E-state index contributed by atoms with van der Waals surface area (Å²) >= 11 is 3.37. The van der Waals surface area contributed by atoms with Crippen molar-refractivity contribution in [2.24, 2.45) is 0 Å². The van der Waals surface area contributed by atoms with Gasteiger partial charge in [-0.1, -0.05) is 66.7 Å². The van der Waals surface area contributed by atoms with E-state index < -0.39 is 5.60 Å². The molecule has 0 amide bonds. The Bertz CT molecular complexity index is 869. The molecule has 2 heterocycles. The quantitative estimate of drug-likeness (QED) is 0.497. The molecular weight excluding hydrogens is 332 g/mol. The third-order valence-electron chi connectivity index (χ3n) is 4.11. The molecule has 118 valence electrons. The Morgan fingerprint density at radius 3 is 1.79 bits per heavy atom. The Hall–Kier alpha value is -2.20. The van der Waals surface area contributed by atoms with Gasteiger partial charge in [-0.05, 0) is 34.7 Å². The molecule has 24 heavy (non-hydrogen) atoms. The van der Waals surface area contributed by atoms with Crippen LogP contribution in [0.15, 0.2) is 90.3 Å². The smallest absolute Gasteiger partial charge is 0.149 e. The molecule has 0 spiro atoms. The third kappa shape index (κ3) is 2.61. The average molecular weight is 348 g/mol. The fraction of sp³-hybridized carbons (Fsp3) is 0.0476. The minimum absolute atomic E-state index is 0.885. The molecule has 0 unspecified atom stereocenters. The molecule has 2 aromatic carbocycles. The van der Waals surface area contributed by atoms with Gasteiger partial charge in [-0.2, -0.15) is 0 Å². The van der Waals surface area contributed by atoms with E-state index in [0.29, 0.717) is 0 Å². The van der Waals surface area contributed by atoms with Crippen LogP contribution < -0.4 is 0 Å². The topological polar surface area (TPSA) is 20.2 Å². The van der Waals surface area contributed by atoms with E-state index in [1.54, 1.807) is 22.7 Å². The fourth-order valence-electron chi connectivity index (χ4n) is 2.89. The molecule has 4 rings (SSSR count). The van der Waals surface area contributed by atoms with Gasteiger partial charge in [0.2, 0.25) is 0 Å². The number of rotatable bonds is 4. The Kier molecular flexibility index (Phi) is 4.07. The maximum Gasteiger partial charge on any atom is 0.149 e. The van der Waals surface area contributed by atoms with Crippen molar-refractivity contribution in [1.82, 2.24) is 0 Å². The van der Waals surface area contributed by atoms with Crippen LogP contribution in [-0.4, -0.2) is 5.11 Å². The number of hydrogen-bond donors (Lipinski definition) is 1. The molecule has 3 heteroatoms. The van der Waals surface area contributed by atoms with Crippen molar-refractivity contribution < 1.29 is 5.11 Å². The highest BCUT2D eigenvalue weighted by atomic mass is 32.1. The summed E-state index contributed by atoms with van der Waals surface area (Å²) in [5, 5.41) is 13.8. The Morgan fingerprint density at radius 1 is 0.625 bits per heavy atom. The Labute approximate surface area is 149 Å². The lowest BCUT2D eigenvalue weighted by Crippen LogP contribution is -2.27. The molecule has 1 N–H and O–H groups in total. The molecule has 0 saturated heterocycles. The Morgan fingerprint density at radius 2 is 1.25 bits per heavy atom. The summed E-state index contributed by atoms with van der Waals surface area (Å²) in [5.41, 5.74) is 0.634. The lowest BCUT2D eigenvalue weighted by atomic mass is 9.85. The van der Waals surface area contributed by atoms with Crippen molar-refractivity contribution in [2.45, 2.75) is 5.60 Å².